The van der Waals surface area contributed by atoms with E-state index >= 15 is 0 Å². The first-order valence-corrected chi connectivity index (χ1v) is 10.2. The van der Waals surface area contributed by atoms with Crippen molar-refractivity contribution in [1.82, 2.24) is 20.0 Å². The highest BCUT2D eigenvalue weighted by Crippen LogP contribution is 2.29. The number of aromatic amines is 1. The van der Waals surface area contributed by atoms with Crippen LogP contribution in [0.2, 0.25) is 5.02 Å². The first kappa shape index (κ1) is 21.9. The number of amides is 1. The molecule has 1 saturated heterocycles. The van der Waals surface area contributed by atoms with Crippen molar-refractivity contribution in [2.75, 3.05) is 51.8 Å². The molecule has 30 heavy (non-hydrogen) atoms. The molecule has 1 aliphatic heterocycles. The Kier molecular flexibility index (Phi) is 7.92. The highest BCUT2D eigenvalue weighted by atomic mass is 35.5. The standard InChI is InChI=1S/C20H26ClN5O4/c1-29-17-4-3-15(12-22-16-13-23-24-20(28)19(16)21)11-18(17)30-10-2-5-25-6-8-26(14-27)9-7-25/h3-4,11,13-14H,2,5-10,12H2,1H3,(H2,22,24,28). The normalized spacial score (nSPS) is 14.4. The third-order valence-corrected chi connectivity index (χ3v) is 5.31. The molecule has 0 atom stereocenters. The average molecular weight is 436 g/mol. The number of rotatable bonds is 10. The lowest BCUT2D eigenvalue weighted by Gasteiger charge is -2.32. The lowest BCUT2D eigenvalue weighted by atomic mass is 10.2. The Labute approximate surface area is 179 Å². The number of nitrogens with zero attached hydrogens (tertiary/aromatic N) is 3. The fourth-order valence-electron chi connectivity index (χ4n) is 3.21. The molecule has 162 valence electrons. The summed E-state index contributed by atoms with van der Waals surface area (Å²) in [6, 6.07) is 5.67. The molecule has 2 N–H and O–H groups in total. The van der Waals surface area contributed by atoms with Gasteiger partial charge in [-0.3, -0.25) is 14.5 Å². The maximum Gasteiger partial charge on any atom is 0.285 e. The van der Waals surface area contributed by atoms with E-state index in [1.54, 1.807) is 12.0 Å². The summed E-state index contributed by atoms with van der Waals surface area (Å²) in [5, 5.41) is 9.21. The van der Waals surface area contributed by atoms with Crippen molar-refractivity contribution in [3.8, 4) is 11.5 Å². The summed E-state index contributed by atoms with van der Waals surface area (Å²) in [5.41, 5.74) is 0.980. The van der Waals surface area contributed by atoms with E-state index in [0.717, 1.165) is 51.1 Å². The van der Waals surface area contributed by atoms with Gasteiger partial charge in [-0.1, -0.05) is 17.7 Å². The molecule has 0 spiro atoms. The minimum Gasteiger partial charge on any atom is -0.493 e. The van der Waals surface area contributed by atoms with Gasteiger partial charge in [0, 0.05) is 39.3 Å². The number of methoxy groups -OCH3 is 1. The molecule has 2 heterocycles. The Morgan fingerprint density at radius 3 is 2.80 bits per heavy atom. The van der Waals surface area contributed by atoms with Gasteiger partial charge in [0.15, 0.2) is 11.5 Å². The Morgan fingerprint density at radius 2 is 2.07 bits per heavy atom. The molecule has 0 saturated carbocycles. The van der Waals surface area contributed by atoms with E-state index in [1.807, 2.05) is 18.2 Å². The molecule has 0 radical (unpaired) electrons. The van der Waals surface area contributed by atoms with Crippen LogP contribution in [0, 0.1) is 0 Å². The van der Waals surface area contributed by atoms with Crippen LogP contribution in [0.15, 0.2) is 29.2 Å². The lowest BCUT2D eigenvalue weighted by molar-refractivity contribution is -0.119. The summed E-state index contributed by atoms with van der Waals surface area (Å²) < 4.78 is 11.4. The predicted octanol–water partition coefficient (Wildman–Crippen LogP) is 1.59. The van der Waals surface area contributed by atoms with Crippen LogP contribution in [-0.2, 0) is 11.3 Å². The van der Waals surface area contributed by atoms with Gasteiger partial charge in [0.05, 0.1) is 25.6 Å². The average Bonchev–Trinajstić information content (AvgIpc) is 2.78. The molecule has 10 heteroatoms. The van der Waals surface area contributed by atoms with E-state index in [1.165, 1.54) is 6.20 Å². The van der Waals surface area contributed by atoms with Gasteiger partial charge in [0.25, 0.3) is 5.56 Å². The molecule has 9 nitrogen and oxygen atoms in total. The van der Waals surface area contributed by atoms with E-state index in [0.29, 0.717) is 30.3 Å². The molecule has 3 rings (SSSR count). The number of piperazine rings is 1. The fraction of sp³-hybridized carbons (Fsp3) is 0.450. The molecular weight excluding hydrogens is 410 g/mol. The number of ether oxygens (including phenoxy) is 2. The van der Waals surface area contributed by atoms with Gasteiger partial charge in [0.1, 0.15) is 5.02 Å². The van der Waals surface area contributed by atoms with E-state index in [9.17, 15) is 9.59 Å². The third kappa shape index (κ3) is 5.87. The number of aromatic nitrogens is 2. The van der Waals surface area contributed by atoms with Gasteiger partial charge in [-0.15, -0.1) is 0 Å². The van der Waals surface area contributed by atoms with Gasteiger partial charge < -0.3 is 19.7 Å². The van der Waals surface area contributed by atoms with Crippen molar-refractivity contribution in [3.05, 3.63) is 45.3 Å². The van der Waals surface area contributed by atoms with Crippen molar-refractivity contribution in [3.63, 3.8) is 0 Å². The van der Waals surface area contributed by atoms with Crippen LogP contribution in [-0.4, -0.2) is 72.8 Å². The first-order valence-electron chi connectivity index (χ1n) is 9.79. The summed E-state index contributed by atoms with van der Waals surface area (Å²) >= 11 is 5.99. The number of carbonyl (C=O) groups is 1. The molecule has 0 aliphatic carbocycles. The zero-order chi connectivity index (χ0) is 21.3. The van der Waals surface area contributed by atoms with Crippen LogP contribution in [0.25, 0.3) is 0 Å². The second kappa shape index (κ2) is 10.8. The Morgan fingerprint density at radius 1 is 1.27 bits per heavy atom. The number of hydrogen-bond donors (Lipinski definition) is 2. The molecule has 2 aromatic rings. The monoisotopic (exact) mass is 435 g/mol. The van der Waals surface area contributed by atoms with Crippen molar-refractivity contribution in [1.29, 1.82) is 0 Å². The Balaban J connectivity index is 1.51. The van der Waals surface area contributed by atoms with Crippen LogP contribution in [0.1, 0.15) is 12.0 Å². The van der Waals surface area contributed by atoms with Crippen molar-refractivity contribution >= 4 is 23.7 Å². The minimum atomic E-state index is -0.437. The van der Waals surface area contributed by atoms with Crippen LogP contribution in [0.3, 0.4) is 0 Å². The van der Waals surface area contributed by atoms with Crippen LogP contribution in [0.4, 0.5) is 5.69 Å². The molecule has 1 aliphatic rings. The smallest absolute Gasteiger partial charge is 0.285 e. The van der Waals surface area contributed by atoms with Crippen LogP contribution < -0.4 is 20.3 Å². The van der Waals surface area contributed by atoms with Crippen LogP contribution in [0.5, 0.6) is 11.5 Å². The number of benzene rings is 1. The van der Waals surface area contributed by atoms with E-state index in [4.69, 9.17) is 21.1 Å². The summed E-state index contributed by atoms with van der Waals surface area (Å²) in [7, 11) is 1.61. The quantitative estimate of drug-likeness (QED) is 0.431. The zero-order valence-corrected chi connectivity index (χ0v) is 17.7. The summed E-state index contributed by atoms with van der Waals surface area (Å²) in [6.45, 7) is 5.27. The van der Waals surface area contributed by atoms with E-state index in [2.05, 4.69) is 20.4 Å². The molecule has 1 fully saturated rings. The topological polar surface area (TPSA) is 99.8 Å². The molecule has 0 unspecified atom stereocenters. The Hall–Kier alpha value is -2.78. The number of halogens is 1. The highest BCUT2D eigenvalue weighted by Gasteiger charge is 2.15. The maximum atomic E-state index is 11.5. The number of H-pyrrole nitrogens is 1. The van der Waals surface area contributed by atoms with Gasteiger partial charge >= 0.3 is 0 Å². The fourth-order valence-corrected chi connectivity index (χ4v) is 3.37. The second-order valence-electron chi connectivity index (χ2n) is 6.95. The molecule has 1 aromatic heterocycles. The molecule has 1 aromatic carbocycles. The van der Waals surface area contributed by atoms with Crippen LogP contribution >= 0.6 is 11.6 Å². The summed E-state index contributed by atoms with van der Waals surface area (Å²) in [4.78, 5) is 26.4. The molecular formula is C20H26ClN5O4. The van der Waals surface area contributed by atoms with E-state index in [-0.39, 0.29) is 5.02 Å². The van der Waals surface area contributed by atoms with Gasteiger partial charge in [0.2, 0.25) is 6.41 Å². The largest absolute Gasteiger partial charge is 0.493 e. The Bertz CT molecular complexity index is 899. The summed E-state index contributed by atoms with van der Waals surface area (Å²) in [5.74, 6) is 1.33. The minimum absolute atomic E-state index is 0.0731. The molecule has 1 amide bonds. The zero-order valence-electron chi connectivity index (χ0n) is 16.9. The third-order valence-electron chi connectivity index (χ3n) is 4.94. The van der Waals surface area contributed by atoms with Gasteiger partial charge in [-0.05, 0) is 24.1 Å². The van der Waals surface area contributed by atoms with Crippen molar-refractivity contribution in [2.24, 2.45) is 0 Å². The molecule has 0 bridgehead atoms. The number of hydrogen-bond acceptors (Lipinski definition) is 7. The summed E-state index contributed by atoms with van der Waals surface area (Å²) in [6.07, 6.45) is 3.26. The number of nitrogens with one attached hydrogen (secondary N) is 2. The predicted molar refractivity (Wildman–Crippen MR) is 114 cm³/mol. The SMILES string of the molecule is COc1ccc(CNc2cn[nH]c(=O)c2Cl)cc1OCCCN1CCN(C=O)CC1. The van der Waals surface area contributed by atoms with Crippen molar-refractivity contribution in [2.45, 2.75) is 13.0 Å². The van der Waals surface area contributed by atoms with Gasteiger partial charge in [-0.25, -0.2) is 5.10 Å². The van der Waals surface area contributed by atoms with E-state index < -0.39 is 5.56 Å². The highest BCUT2D eigenvalue weighted by molar-refractivity contribution is 6.32. The second-order valence-corrected chi connectivity index (χ2v) is 7.33. The maximum absolute atomic E-state index is 11.5. The first-order chi connectivity index (χ1) is 14.6. The lowest BCUT2D eigenvalue weighted by Crippen LogP contribution is -2.46. The number of anilines is 1. The number of carbonyl (C=O) groups excluding carboxylic acids is 1. The van der Waals surface area contributed by atoms with Crippen molar-refractivity contribution < 1.29 is 14.3 Å². The van der Waals surface area contributed by atoms with Gasteiger partial charge in [-0.2, -0.15) is 5.10 Å².